The summed E-state index contributed by atoms with van der Waals surface area (Å²) in [5.74, 6) is -1.30. The first-order chi connectivity index (χ1) is 18.9. The molecule has 2 aliphatic rings. The van der Waals surface area contributed by atoms with E-state index in [1.165, 1.54) is 6.92 Å². The zero-order chi connectivity index (χ0) is 27.4. The van der Waals surface area contributed by atoms with Gasteiger partial charge in [0, 0.05) is 63.1 Å². The number of carbonyl (C=O) groups excluding carboxylic acids is 4. The van der Waals surface area contributed by atoms with E-state index in [1.807, 2.05) is 23.1 Å². The third-order valence-corrected chi connectivity index (χ3v) is 7.10. The van der Waals surface area contributed by atoms with E-state index >= 15 is 0 Å². The first-order valence-corrected chi connectivity index (χ1v) is 13.1. The van der Waals surface area contributed by atoms with Gasteiger partial charge in [0.25, 0.3) is 5.91 Å². The summed E-state index contributed by atoms with van der Waals surface area (Å²) in [6.07, 6.45) is 0.0802. The average Bonchev–Trinajstić information content (AvgIpc) is 3.35. The second kappa shape index (κ2) is 11.4. The molecule has 3 aromatic rings. The number of benzene rings is 3. The number of para-hydroxylation sites is 2. The summed E-state index contributed by atoms with van der Waals surface area (Å²) in [4.78, 5) is 56.2. The molecule has 0 aromatic heterocycles. The van der Waals surface area contributed by atoms with E-state index in [9.17, 15) is 19.2 Å². The van der Waals surface area contributed by atoms with Crippen LogP contribution in [0.2, 0.25) is 0 Å². The Morgan fingerprint density at radius 1 is 0.769 bits per heavy atom. The predicted octanol–water partition coefficient (Wildman–Crippen LogP) is 3.60. The molecule has 0 aliphatic carbocycles. The third kappa shape index (κ3) is 5.93. The highest BCUT2D eigenvalue weighted by atomic mass is 16.2. The lowest BCUT2D eigenvalue weighted by molar-refractivity contribution is -0.122. The molecule has 9 nitrogen and oxygen atoms in total. The normalized spacial score (nSPS) is 17.2. The van der Waals surface area contributed by atoms with Gasteiger partial charge in [-0.05, 0) is 48.5 Å². The summed E-state index contributed by atoms with van der Waals surface area (Å²) < 4.78 is 0. The molecule has 200 valence electrons. The SMILES string of the molecule is CC(=O)Nc1ccc(N2CC(C(=O)Nc3ccccc3C(=O)N3CCN(c4ccccc4)CC3)CC2=O)cc1. The molecule has 4 amide bonds. The van der Waals surface area contributed by atoms with Crippen molar-refractivity contribution in [1.82, 2.24) is 4.90 Å². The van der Waals surface area contributed by atoms with Crippen molar-refractivity contribution >= 4 is 46.4 Å². The van der Waals surface area contributed by atoms with Crippen LogP contribution in [0.4, 0.5) is 22.7 Å². The van der Waals surface area contributed by atoms with Crippen molar-refractivity contribution in [2.24, 2.45) is 5.92 Å². The van der Waals surface area contributed by atoms with E-state index < -0.39 is 5.92 Å². The number of rotatable bonds is 6. The molecule has 0 bridgehead atoms. The molecule has 0 saturated carbocycles. The second-order valence-electron chi connectivity index (χ2n) is 9.78. The largest absolute Gasteiger partial charge is 0.368 e. The lowest BCUT2D eigenvalue weighted by Gasteiger charge is -2.36. The maximum Gasteiger partial charge on any atom is 0.256 e. The van der Waals surface area contributed by atoms with Gasteiger partial charge in [-0.25, -0.2) is 0 Å². The number of hydrogen-bond donors (Lipinski definition) is 2. The van der Waals surface area contributed by atoms with Crippen molar-refractivity contribution < 1.29 is 19.2 Å². The molecule has 2 saturated heterocycles. The molecule has 9 heteroatoms. The monoisotopic (exact) mass is 525 g/mol. The first-order valence-electron chi connectivity index (χ1n) is 13.1. The minimum Gasteiger partial charge on any atom is -0.368 e. The van der Waals surface area contributed by atoms with E-state index in [0.29, 0.717) is 35.7 Å². The Morgan fingerprint density at radius 2 is 1.44 bits per heavy atom. The van der Waals surface area contributed by atoms with Crippen LogP contribution in [0.15, 0.2) is 78.9 Å². The Hall–Kier alpha value is -4.66. The average molecular weight is 526 g/mol. The highest BCUT2D eigenvalue weighted by molar-refractivity contribution is 6.07. The molecule has 2 fully saturated rings. The van der Waals surface area contributed by atoms with Gasteiger partial charge in [-0.3, -0.25) is 19.2 Å². The van der Waals surface area contributed by atoms with Crippen LogP contribution in [0.1, 0.15) is 23.7 Å². The molecule has 39 heavy (non-hydrogen) atoms. The highest BCUT2D eigenvalue weighted by Crippen LogP contribution is 2.28. The quantitative estimate of drug-likeness (QED) is 0.512. The number of hydrogen-bond acceptors (Lipinski definition) is 5. The highest BCUT2D eigenvalue weighted by Gasteiger charge is 2.35. The molecule has 0 spiro atoms. The summed E-state index contributed by atoms with van der Waals surface area (Å²) >= 11 is 0. The minimum absolute atomic E-state index is 0.0802. The summed E-state index contributed by atoms with van der Waals surface area (Å²) in [7, 11) is 0. The van der Waals surface area contributed by atoms with Gasteiger partial charge in [-0.2, -0.15) is 0 Å². The fourth-order valence-corrected chi connectivity index (χ4v) is 5.05. The fourth-order valence-electron chi connectivity index (χ4n) is 5.05. The fraction of sp³-hybridized carbons (Fsp3) is 0.267. The molecule has 2 aliphatic heterocycles. The lowest BCUT2D eigenvalue weighted by Crippen LogP contribution is -2.49. The van der Waals surface area contributed by atoms with Gasteiger partial charge >= 0.3 is 0 Å². The topological polar surface area (TPSA) is 102 Å². The van der Waals surface area contributed by atoms with E-state index in [-0.39, 0.29) is 36.6 Å². The van der Waals surface area contributed by atoms with E-state index in [2.05, 4.69) is 27.7 Å². The van der Waals surface area contributed by atoms with Crippen molar-refractivity contribution in [3.63, 3.8) is 0 Å². The van der Waals surface area contributed by atoms with Gasteiger partial charge in [-0.15, -0.1) is 0 Å². The van der Waals surface area contributed by atoms with E-state index in [0.717, 1.165) is 18.8 Å². The minimum atomic E-state index is -0.551. The molecular formula is C30H31N5O4. The van der Waals surface area contributed by atoms with Gasteiger partial charge in [0.2, 0.25) is 17.7 Å². The zero-order valence-corrected chi connectivity index (χ0v) is 21.8. The molecule has 2 N–H and O–H groups in total. The van der Waals surface area contributed by atoms with Gasteiger partial charge < -0.3 is 25.3 Å². The number of carbonyl (C=O) groups is 4. The van der Waals surface area contributed by atoms with Crippen molar-refractivity contribution in [3.8, 4) is 0 Å². The van der Waals surface area contributed by atoms with Crippen molar-refractivity contribution in [2.75, 3.05) is 53.2 Å². The second-order valence-corrected chi connectivity index (χ2v) is 9.78. The van der Waals surface area contributed by atoms with Crippen molar-refractivity contribution in [2.45, 2.75) is 13.3 Å². The summed E-state index contributed by atoms with van der Waals surface area (Å²) in [6, 6.07) is 24.1. The van der Waals surface area contributed by atoms with Gasteiger partial charge in [-0.1, -0.05) is 30.3 Å². The van der Waals surface area contributed by atoms with Crippen LogP contribution in [0.3, 0.4) is 0 Å². The van der Waals surface area contributed by atoms with Crippen LogP contribution in [0, 0.1) is 5.92 Å². The maximum absolute atomic E-state index is 13.4. The summed E-state index contributed by atoms with van der Waals surface area (Å²) in [5, 5.41) is 5.60. The lowest BCUT2D eigenvalue weighted by atomic mass is 10.1. The molecule has 3 aromatic carbocycles. The van der Waals surface area contributed by atoms with Crippen LogP contribution in [0.5, 0.6) is 0 Å². The van der Waals surface area contributed by atoms with E-state index in [4.69, 9.17) is 0 Å². The summed E-state index contributed by atoms with van der Waals surface area (Å²) in [5.41, 5.74) is 3.32. The smallest absolute Gasteiger partial charge is 0.256 e. The van der Waals surface area contributed by atoms with Gasteiger partial charge in [0.1, 0.15) is 0 Å². The Labute approximate surface area is 227 Å². The van der Waals surface area contributed by atoms with Crippen LogP contribution in [-0.4, -0.2) is 61.3 Å². The third-order valence-electron chi connectivity index (χ3n) is 7.10. The number of nitrogens with one attached hydrogen (secondary N) is 2. The Morgan fingerprint density at radius 3 is 2.13 bits per heavy atom. The van der Waals surface area contributed by atoms with E-state index in [1.54, 1.807) is 53.4 Å². The predicted molar refractivity (Wildman–Crippen MR) is 151 cm³/mol. The van der Waals surface area contributed by atoms with Crippen LogP contribution < -0.4 is 20.4 Å². The zero-order valence-electron chi connectivity index (χ0n) is 21.8. The van der Waals surface area contributed by atoms with Gasteiger partial charge in [0.15, 0.2) is 0 Å². The molecule has 2 heterocycles. The number of anilines is 4. The van der Waals surface area contributed by atoms with Crippen molar-refractivity contribution in [3.05, 3.63) is 84.4 Å². The maximum atomic E-state index is 13.4. The van der Waals surface area contributed by atoms with Gasteiger partial charge in [0.05, 0.1) is 17.2 Å². The Balaban J connectivity index is 1.21. The van der Waals surface area contributed by atoms with Crippen LogP contribution in [-0.2, 0) is 14.4 Å². The van der Waals surface area contributed by atoms with Crippen molar-refractivity contribution in [1.29, 1.82) is 0 Å². The van der Waals surface area contributed by atoms with Crippen LogP contribution >= 0.6 is 0 Å². The summed E-state index contributed by atoms with van der Waals surface area (Å²) in [6.45, 7) is 4.30. The van der Waals surface area contributed by atoms with Crippen LogP contribution in [0.25, 0.3) is 0 Å². The molecule has 1 atom stereocenters. The molecule has 1 unspecified atom stereocenters. The number of piperazine rings is 1. The number of nitrogens with zero attached hydrogens (tertiary/aromatic N) is 3. The standard InChI is InChI=1S/C30H31N5O4/c1-21(36)31-23-11-13-25(14-12-23)35-20-22(19-28(35)37)29(38)32-27-10-6-5-9-26(27)30(39)34-17-15-33(16-18-34)24-7-3-2-4-8-24/h2-14,22H,15-20H2,1H3,(H,31,36)(H,32,38). The first kappa shape index (κ1) is 26.0. The molecular weight excluding hydrogens is 494 g/mol. The Bertz CT molecular complexity index is 1370. The Kier molecular flexibility index (Phi) is 7.58. The molecule has 5 rings (SSSR count). The number of amides is 4. The molecule has 0 radical (unpaired) electrons.